The number of fused-ring (bicyclic) bond motifs is 2. The van der Waals surface area contributed by atoms with Crippen LogP contribution in [0.5, 0.6) is 5.75 Å². The van der Waals surface area contributed by atoms with Gasteiger partial charge in [0.05, 0.1) is 17.4 Å². The predicted octanol–water partition coefficient (Wildman–Crippen LogP) is 2.84. The number of aromatic amines is 1. The fourth-order valence-corrected chi connectivity index (χ4v) is 3.64. The summed E-state index contributed by atoms with van der Waals surface area (Å²) < 4.78 is 5.72. The minimum atomic E-state index is -0.196. The maximum Gasteiger partial charge on any atom is 0.260 e. The maximum absolute atomic E-state index is 12.6. The molecule has 1 aromatic heterocycles. The fourth-order valence-electron chi connectivity index (χ4n) is 3.64. The van der Waals surface area contributed by atoms with Gasteiger partial charge in [0.25, 0.3) is 11.5 Å². The van der Waals surface area contributed by atoms with E-state index in [2.05, 4.69) is 16.0 Å². The van der Waals surface area contributed by atoms with Crippen molar-refractivity contribution in [1.82, 2.24) is 14.9 Å². The molecule has 3 aromatic rings. The van der Waals surface area contributed by atoms with Crippen LogP contribution in [0.2, 0.25) is 0 Å². The molecule has 0 unspecified atom stereocenters. The van der Waals surface area contributed by atoms with Crippen LogP contribution in [0, 0.1) is 0 Å². The molecule has 0 atom stereocenters. The molecule has 2 aromatic carbocycles. The number of nitrogens with one attached hydrogen (secondary N) is 1. The van der Waals surface area contributed by atoms with E-state index in [1.54, 1.807) is 23.1 Å². The van der Waals surface area contributed by atoms with Crippen molar-refractivity contribution in [2.24, 2.45) is 0 Å². The molecule has 1 heterocycles. The zero-order valence-electron chi connectivity index (χ0n) is 15.9. The Kier molecular flexibility index (Phi) is 5.10. The summed E-state index contributed by atoms with van der Waals surface area (Å²) in [6.45, 7) is 2.60. The normalized spacial score (nSPS) is 12.8. The Bertz CT molecular complexity index is 1070. The molecule has 0 bridgehead atoms. The lowest BCUT2D eigenvalue weighted by Gasteiger charge is -2.20. The smallest absolute Gasteiger partial charge is 0.260 e. The zero-order chi connectivity index (χ0) is 19.5. The largest absolute Gasteiger partial charge is 0.484 e. The van der Waals surface area contributed by atoms with E-state index in [9.17, 15) is 9.59 Å². The minimum Gasteiger partial charge on any atom is -0.484 e. The molecule has 0 fully saturated rings. The summed E-state index contributed by atoms with van der Waals surface area (Å²) in [5.74, 6) is 1.05. The van der Waals surface area contributed by atoms with Crippen molar-refractivity contribution in [1.29, 1.82) is 0 Å². The van der Waals surface area contributed by atoms with Crippen molar-refractivity contribution in [2.75, 3.05) is 13.2 Å². The summed E-state index contributed by atoms with van der Waals surface area (Å²) in [5.41, 5.74) is 3.12. The quantitative estimate of drug-likeness (QED) is 0.717. The maximum atomic E-state index is 12.6. The molecule has 6 nitrogen and oxygen atoms in total. The number of likely N-dealkylation sites (N-methyl/N-ethyl adjacent to an activating group) is 1. The van der Waals surface area contributed by atoms with Crippen molar-refractivity contribution in [3.8, 4) is 5.75 Å². The van der Waals surface area contributed by atoms with Gasteiger partial charge in [0.2, 0.25) is 0 Å². The average molecular weight is 377 g/mol. The lowest BCUT2D eigenvalue weighted by atomic mass is 10.1. The summed E-state index contributed by atoms with van der Waals surface area (Å²) in [5, 5.41) is 0.542. The number of hydrogen-bond acceptors (Lipinski definition) is 4. The molecule has 4 rings (SSSR count). The van der Waals surface area contributed by atoms with E-state index in [1.165, 1.54) is 17.5 Å². The number of carbonyl (C=O) groups is 1. The monoisotopic (exact) mass is 377 g/mol. The van der Waals surface area contributed by atoms with Crippen LogP contribution in [-0.2, 0) is 24.2 Å². The van der Waals surface area contributed by atoms with Gasteiger partial charge >= 0.3 is 0 Å². The van der Waals surface area contributed by atoms with Gasteiger partial charge in [0.15, 0.2) is 6.61 Å². The molecule has 144 valence electrons. The number of hydrogen-bond donors (Lipinski definition) is 1. The van der Waals surface area contributed by atoms with Crippen LogP contribution in [0.1, 0.15) is 30.3 Å². The van der Waals surface area contributed by atoms with E-state index in [-0.39, 0.29) is 24.6 Å². The number of amides is 1. The average Bonchev–Trinajstić information content (AvgIpc) is 3.18. The van der Waals surface area contributed by atoms with E-state index in [1.807, 2.05) is 25.1 Å². The summed E-state index contributed by atoms with van der Waals surface area (Å²) in [4.78, 5) is 33.7. The van der Waals surface area contributed by atoms with Gasteiger partial charge < -0.3 is 14.6 Å². The first-order valence-corrected chi connectivity index (χ1v) is 9.64. The fraction of sp³-hybridized carbons (Fsp3) is 0.318. The van der Waals surface area contributed by atoms with Gasteiger partial charge in [-0.25, -0.2) is 4.98 Å². The Morgan fingerprint density at radius 3 is 2.86 bits per heavy atom. The second-order valence-corrected chi connectivity index (χ2v) is 7.01. The number of para-hydroxylation sites is 1. The predicted molar refractivity (Wildman–Crippen MR) is 107 cm³/mol. The third-order valence-electron chi connectivity index (χ3n) is 5.17. The van der Waals surface area contributed by atoms with Gasteiger partial charge in [-0.15, -0.1) is 0 Å². The SMILES string of the molecule is CCN(Cc1nc2ccccc2c(=O)[nH]1)C(=O)COc1ccc2c(c1)CCC2. The number of H-pyrrole nitrogens is 1. The molecule has 0 saturated heterocycles. The summed E-state index contributed by atoms with van der Waals surface area (Å²) >= 11 is 0. The van der Waals surface area contributed by atoms with Crippen molar-refractivity contribution >= 4 is 16.8 Å². The van der Waals surface area contributed by atoms with Crippen molar-refractivity contribution < 1.29 is 9.53 Å². The highest BCUT2D eigenvalue weighted by atomic mass is 16.5. The first kappa shape index (κ1) is 18.2. The Hall–Kier alpha value is -3.15. The highest BCUT2D eigenvalue weighted by molar-refractivity contribution is 5.78. The number of rotatable bonds is 6. The molecule has 0 spiro atoms. The second kappa shape index (κ2) is 7.84. The molecule has 1 aliphatic rings. The van der Waals surface area contributed by atoms with Crippen molar-refractivity contribution in [3.63, 3.8) is 0 Å². The molecule has 0 saturated carbocycles. The van der Waals surface area contributed by atoms with Gasteiger partial charge in [-0.2, -0.15) is 0 Å². The summed E-state index contributed by atoms with van der Waals surface area (Å²) in [6.07, 6.45) is 3.37. The number of benzene rings is 2. The van der Waals surface area contributed by atoms with Crippen LogP contribution in [0.3, 0.4) is 0 Å². The van der Waals surface area contributed by atoms with Crippen LogP contribution in [0.4, 0.5) is 0 Å². The summed E-state index contributed by atoms with van der Waals surface area (Å²) in [7, 11) is 0. The highest BCUT2D eigenvalue weighted by Crippen LogP contribution is 2.26. The van der Waals surface area contributed by atoms with Gasteiger partial charge in [-0.1, -0.05) is 18.2 Å². The van der Waals surface area contributed by atoms with Gasteiger partial charge in [-0.05, 0) is 61.6 Å². The van der Waals surface area contributed by atoms with E-state index in [0.717, 1.165) is 18.6 Å². The first-order chi connectivity index (χ1) is 13.6. The molecule has 6 heteroatoms. The Morgan fingerprint density at radius 1 is 1.18 bits per heavy atom. The van der Waals surface area contributed by atoms with Gasteiger partial charge in [-0.3, -0.25) is 9.59 Å². The zero-order valence-corrected chi connectivity index (χ0v) is 15.9. The third-order valence-corrected chi connectivity index (χ3v) is 5.17. The minimum absolute atomic E-state index is 0.0373. The van der Waals surface area contributed by atoms with E-state index in [4.69, 9.17) is 4.74 Å². The third kappa shape index (κ3) is 3.76. The molecule has 1 N–H and O–H groups in total. The topological polar surface area (TPSA) is 75.3 Å². The van der Waals surface area contributed by atoms with Crippen LogP contribution in [-0.4, -0.2) is 33.9 Å². The Morgan fingerprint density at radius 2 is 2.00 bits per heavy atom. The number of aromatic nitrogens is 2. The van der Waals surface area contributed by atoms with E-state index in [0.29, 0.717) is 23.3 Å². The van der Waals surface area contributed by atoms with Gasteiger partial charge in [0.1, 0.15) is 11.6 Å². The molecule has 0 radical (unpaired) electrons. The van der Waals surface area contributed by atoms with E-state index >= 15 is 0 Å². The molecular formula is C22H23N3O3. The molecular weight excluding hydrogens is 354 g/mol. The molecule has 0 aliphatic heterocycles. The number of nitrogens with zero attached hydrogens (tertiary/aromatic N) is 2. The molecule has 1 aliphatic carbocycles. The van der Waals surface area contributed by atoms with Crippen LogP contribution in [0.15, 0.2) is 47.3 Å². The first-order valence-electron chi connectivity index (χ1n) is 9.64. The lowest BCUT2D eigenvalue weighted by molar-refractivity contribution is -0.133. The van der Waals surface area contributed by atoms with Crippen molar-refractivity contribution in [3.05, 3.63) is 69.8 Å². The Balaban J connectivity index is 1.43. The Labute approximate surface area is 163 Å². The van der Waals surface area contributed by atoms with Crippen LogP contribution in [0.25, 0.3) is 10.9 Å². The number of aryl methyl sites for hydroxylation is 2. The summed E-state index contributed by atoms with van der Waals surface area (Å²) in [6, 6.07) is 13.2. The van der Waals surface area contributed by atoms with Gasteiger partial charge in [0, 0.05) is 6.54 Å². The second-order valence-electron chi connectivity index (χ2n) is 7.01. The molecule has 28 heavy (non-hydrogen) atoms. The standard InChI is InChI=1S/C22H23N3O3/c1-2-25(13-20-23-19-9-4-3-8-18(19)22(27)24-20)21(26)14-28-17-11-10-15-6-5-7-16(15)12-17/h3-4,8-12H,2,5-7,13-14H2,1H3,(H,23,24,27). The van der Waals surface area contributed by atoms with E-state index < -0.39 is 0 Å². The van der Waals surface area contributed by atoms with Crippen LogP contribution >= 0.6 is 0 Å². The number of ether oxygens (including phenoxy) is 1. The highest BCUT2D eigenvalue weighted by Gasteiger charge is 2.16. The lowest BCUT2D eigenvalue weighted by Crippen LogP contribution is -2.35. The number of carbonyl (C=O) groups excluding carboxylic acids is 1. The molecule has 1 amide bonds. The van der Waals surface area contributed by atoms with Crippen LogP contribution < -0.4 is 10.3 Å². The van der Waals surface area contributed by atoms with Crippen molar-refractivity contribution in [2.45, 2.75) is 32.7 Å².